The number of fused-ring (bicyclic) bond motifs is 1. The Kier molecular flexibility index (Phi) is 4.34. The summed E-state index contributed by atoms with van der Waals surface area (Å²) in [6, 6.07) is 12.1. The molecule has 0 radical (unpaired) electrons. The average Bonchev–Trinajstić information content (AvgIpc) is 2.73. The van der Waals surface area contributed by atoms with Crippen molar-refractivity contribution >= 4 is 29.0 Å². The molecule has 2 aromatic rings. The van der Waals surface area contributed by atoms with Gasteiger partial charge in [-0.05, 0) is 12.1 Å². The number of anilines is 2. The smallest absolute Gasteiger partial charge is 0.323 e. The Morgan fingerprint density at radius 3 is 2.41 bits per heavy atom. The standard InChI is InChI=1S/C16H15ClN2O3/c17-12-9-14-15(22-8-4-7-21-14)10-13(12)19-16(20)18-11-5-2-1-3-6-11/h1-3,5-6,9-10H,4,7-8H2,(H2,18,19,20). The van der Waals surface area contributed by atoms with Crippen LogP contribution in [0.2, 0.25) is 5.02 Å². The molecule has 0 spiro atoms. The number of amides is 2. The highest BCUT2D eigenvalue weighted by atomic mass is 35.5. The molecule has 0 aliphatic carbocycles. The first-order valence-electron chi connectivity index (χ1n) is 6.94. The van der Waals surface area contributed by atoms with Crippen LogP contribution in [0.3, 0.4) is 0 Å². The number of ether oxygens (including phenoxy) is 2. The number of carbonyl (C=O) groups is 1. The highest BCUT2D eigenvalue weighted by Gasteiger charge is 2.15. The predicted molar refractivity (Wildman–Crippen MR) is 86.1 cm³/mol. The van der Waals surface area contributed by atoms with E-state index in [0.717, 1.165) is 6.42 Å². The molecule has 0 fully saturated rings. The van der Waals surface area contributed by atoms with Crippen LogP contribution in [0.25, 0.3) is 0 Å². The van der Waals surface area contributed by atoms with Gasteiger partial charge in [-0.25, -0.2) is 4.79 Å². The minimum absolute atomic E-state index is 0.373. The SMILES string of the molecule is O=C(Nc1ccccc1)Nc1cc2c(cc1Cl)OCCCO2. The lowest BCUT2D eigenvalue weighted by molar-refractivity contribution is 0.262. The van der Waals surface area contributed by atoms with Gasteiger partial charge < -0.3 is 20.1 Å². The second-order valence-electron chi connectivity index (χ2n) is 4.77. The van der Waals surface area contributed by atoms with Gasteiger partial charge in [0.2, 0.25) is 0 Å². The summed E-state index contributed by atoms with van der Waals surface area (Å²) in [4.78, 5) is 12.0. The molecule has 1 aliphatic rings. The lowest BCUT2D eigenvalue weighted by Gasteiger charge is -2.13. The number of nitrogens with one attached hydrogen (secondary N) is 2. The normalized spacial score (nSPS) is 13.1. The predicted octanol–water partition coefficient (Wildman–Crippen LogP) is 4.15. The summed E-state index contributed by atoms with van der Waals surface area (Å²) >= 11 is 6.18. The van der Waals surface area contributed by atoms with Crippen LogP contribution in [-0.2, 0) is 0 Å². The number of urea groups is 1. The van der Waals surface area contributed by atoms with Crippen molar-refractivity contribution in [3.63, 3.8) is 0 Å². The molecule has 2 aromatic carbocycles. The molecule has 2 amide bonds. The first-order chi connectivity index (χ1) is 10.7. The zero-order chi connectivity index (χ0) is 15.4. The van der Waals surface area contributed by atoms with Gasteiger partial charge in [0, 0.05) is 24.2 Å². The molecule has 2 N–H and O–H groups in total. The number of rotatable bonds is 2. The van der Waals surface area contributed by atoms with E-state index in [1.54, 1.807) is 24.3 Å². The molecule has 22 heavy (non-hydrogen) atoms. The number of benzene rings is 2. The maximum absolute atomic E-state index is 12.0. The minimum Gasteiger partial charge on any atom is -0.490 e. The van der Waals surface area contributed by atoms with Gasteiger partial charge >= 0.3 is 6.03 Å². The summed E-state index contributed by atoms with van der Waals surface area (Å²) in [7, 11) is 0. The molecule has 1 heterocycles. The fourth-order valence-corrected chi connectivity index (χ4v) is 2.29. The Labute approximate surface area is 133 Å². The fraction of sp³-hybridized carbons (Fsp3) is 0.188. The first kappa shape index (κ1) is 14.5. The van der Waals surface area contributed by atoms with Crippen LogP contribution in [0.1, 0.15) is 6.42 Å². The molecule has 114 valence electrons. The van der Waals surface area contributed by atoms with Gasteiger partial charge in [0.05, 0.1) is 23.9 Å². The fourth-order valence-electron chi connectivity index (χ4n) is 2.09. The largest absolute Gasteiger partial charge is 0.490 e. The molecular weight excluding hydrogens is 304 g/mol. The highest BCUT2D eigenvalue weighted by Crippen LogP contribution is 2.37. The molecule has 3 rings (SSSR count). The van der Waals surface area contributed by atoms with Crippen LogP contribution in [-0.4, -0.2) is 19.2 Å². The van der Waals surface area contributed by atoms with E-state index in [4.69, 9.17) is 21.1 Å². The van der Waals surface area contributed by atoms with Crippen LogP contribution in [0.5, 0.6) is 11.5 Å². The molecule has 0 atom stereocenters. The topological polar surface area (TPSA) is 59.6 Å². The molecule has 0 saturated heterocycles. The molecule has 0 bridgehead atoms. The van der Waals surface area contributed by atoms with Gasteiger partial charge in [-0.15, -0.1) is 0 Å². The number of carbonyl (C=O) groups excluding carboxylic acids is 1. The first-order valence-corrected chi connectivity index (χ1v) is 7.32. The van der Waals surface area contributed by atoms with Crippen LogP contribution < -0.4 is 20.1 Å². The summed E-state index contributed by atoms with van der Waals surface area (Å²) < 4.78 is 11.1. The maximum Gasteiger partial charge on any atom is 0.323 e. The van der Waals surface area contributed by atoms with Gasteiger partial charge in [-0.1, -0.05) is 29.8 Å². The van der Waals surface area contributed by atoms with Gasteiger partial charge in [0.1, 0.15) is 0 Å². The van der Waals surface area contributed by atoms with E-state index in [2.05, 4.69) is 10.6 Å². The lowest BCUT2D eigenvalue weighted by atomic mass is 10.2. The Morgan fingerprint density at radius 1 is 1.00 bits per heavy atom. The Bertz CT molecular complexity index is 677. The van der Waals surface area contributed by atoms with Crippen molar-refractivity contribution in [1.82, 2.24) is 0 Å². The zero-order valence-corrected chi connectivity index (χ0v) is 12.5. The summed E-state index contributed by atoms with van der Waals surface area (Å²) in [5, 5.41) is 5.84. The van der Waals surface area contributed by atoms with Crippen molar-refractivity contribution in [2.75, 3.05) is 23.8 Å². The summed E-state index contributed by atoms with van der Waals surface area (Å²) in [5.41, 5.74) is 1.17. The molecule has 0 unspecified atom stereocenters. The van der Waals surface area contributed by atoms with Crippen molar-refractivity contribution in [2.45, 2.75) is 6.42 Å². The summed E-state index contributed by atoms with van der Waals surface area (Å²) in [6.45, 7) is 1.16. The van der Waals surface area contributed by atoms with E-state index < -0.39 is 0 Å². The quantitative estimate of drug-likeness (QED) is 0.874. The molecule has 6 heteroatoms. The van der Waals surface area contributed by atoms with Crippen LogP contribution in [0.4, 0.5) is 16.2 Å². The van der Waals surface area contributed by atoms with E-state index in [-0.39, 0.29) is 6.03 Å². The van der Waals surface area contributed by atoms with E-state index in [1.807, 2.05) is 18.2 Å². The Hall–Kier alpha value is -2.40. The highest BCUT2D eigenvalue weighted by molar-refractivity contribution is 6.34. The van der Waals surface area contributed by atoms with E-state index in [9.17, 15) is 4.79 Å². The van der Waals surface area contributed by atoms with Gasteiger partial charge in [0.15, 0.2) is 11.5 Å². The Balaban J connectivity index is 1.74. The van der Waals surface area contributed by atoms with Gasteiger partial charge in [0.25, 0.3) is 0 Å². The number of hydrogen-bond donors (Lipinski definition) is 2. The second-order valence-corrected chi connectivity index (χ2v) is 5.18. The number of halogens is 1. The van der Waals surface area contributed by atoms with Crippen LogP contribution >= 0.6 is 11.6 Å². The number of hydrogen-bond acceptors (Lipinski definition) is 3. The van der Waals surface area contributed by atoms with Crippen molar-refractivity contribution < 1.29 is 14.3 Å². The van der Waals surface area contributed by atoms with Crippen LogP contribution in [0.15, 0.2) is 42.5 Å². The average molecular weight is 319 g/mol. The van der Waals surface area contributed by atoms with E-state index in [1.165, 1.54) is 0 Å². The van der Waals surface area contributed by atoms with Gasteiger partial charge in [-0.3, -0.25) is 0 Å². The number of para-hydroxylation sites is 1. The van der Waals surface area contributed by atoms with Crippen molar-refractivity contribution in [3.8, 4) is 11.5 Å². The van der Waals surface area contributed by atoms with Crippen molar-refractivity contribution in [1.29, 1.82) is 0 Å². The second kappa shape index (κ2) is 6.58. The molecule has 0 saturated carbocycles. The summed E-state index contributed by atoms with van der Waals surface area (Å²) in [5.74, 6) is 1.17. The van der Waals surface area contributed by atoms with Gasteiger partial charge in [-0.2, -0.15) is 0 Å². The maximum atomic E-state index is 12.0. The summed E-state index contributed by atoms with van der Waals surface area (Å²) in [6.07, 6.45) is 0.809. The lowest BCUT2D eigenvalue weighted by Crippen LogP contribution is -2.19. The van der Waals surface area contributed by atoms with E-state index >= 15 is 0 Å². The van der Waals surface area contributed by atoms with Crippen LogP contribution in [0, 0.1) is 0 Å². The Morgan fingerprint density at radius 2 is 1.68 bits per heavy atom. The third-order valence-corrected chi connectivity index (χ3v) is 3.43. The van der Waals surface area contributed by atoms with E-state index in [0.29, 0.717) is 41.1 Å². The molecular formula is C16H15ClN2O3. The third-order valence-electron chi connectivity index (χ3n) is 3.12. The monoisotopic (exact) mass is 318 g/mol. The minimum atomic E-state index is -0.373. The molecule has 0 aromatic heterocycles. The third kappa shape index (κ3) is 3.43. The molecule has 1 aliphatic heterocycles. The van der Waals surface area contributed by atoms with Crippen molar-refractivity contribution in [3.05, 3.63) is 47.5 Å². The zero-order valence-electron chi connectivity index (χ0n) is 11.8. The molecule has 5 nitrogen and oxygen atoms in total. The van der Waals surface area contributed by atoms with Crippen molar-refractivity contribution in [2.24, 2.45) is 0 Å².